The molecule has 82 valence electrons. The maximum absolute atomic E-state index is 4.26. The lowest BCUT2D eigenvalue weighted by atomic mass is 9.76. The van der Waals surface area contributed by atoms with Gasteiger partial charge in [0.05, 0.1) is 0 Å². The molecule has 0 heterocycles. The van der Waals surface area contributed by atoms with Crippen LogP contribution in [0.3, 0.4) is 0 Å². The van der Waals surface area contributed by atoms with E-state index in [1.54, 1.807) is 0 Å². The van der Waals surface area contributed by atoms with E-state index in [0.717, 1.165) is 11.8 Å². The normalized spacial score (nSPS) is 27.6. The summed E-state index contributed by atoms with van der Waals surface area (Å²) >= 11 is 0. The second-order valence-electron chi connectivity index (χ2n) is 4.93. The van der Waals surface area contributed by atoms with Gasteiger partial charge in [0.1, 0.15) is 0 Å². The lowest BCUT2D eigenvalue weighted by Crippen LogP contribution is -2.16. The van der Waals surface area contributed by atoms with E-state index in [2.05, 4.69) is 20.4 Å². The van der Waals surface area contributed by atoms with E-state index in [1.165, 1.54) is 56.9 Å². The quantitative estimate of drug-likeness (QED) is 0.543. The van der Waals surface area contributed by atoms with Crippen molar-refractivity contribution in [3.8, 4) is 0 Å². The zero-order chi connectivity index (χ0) is 10.4. The van der Waals surface area contributed by atoms with Gasteiger partial charge in [-0.05, 0) is 31.1 Å². The predicted octanol–water partition coefficient (Wildman–Crippen LogP) is 4.95. The van der Waals surface area contributed by atoms with E-state index in [9.17, 15) is 0 Å². The van der Waals surface area contributed by atoms with Crippen LogP contribution in [-0.2, 0) is 0 Å². The van der Waals surface area contributed by atoms with Crippen molar-refractivity contribution >= 4 is 0 Å². The van der Waals surface area contributed by atoms with E-state index in [-0.39, 0.29) is 0 Å². The maximum atomic E-state index is 4.26. The molecule has 0 aliphatic heterocycles. The molecule has 0 saturated heterocycles. The van der Waals surface area contributed by atoms with Crippen molar-refractivity contribution in [1.29, 1.82) is 0 Å². The first-order valence-electron chi connectivity index (χ1n) is 6.45. The molecular weight excluding hydrogens is 168 g/mol. The fourth-order valence-electron chi connectivity index (χ4n) is 2.86. The van der Waals surface area contributed by atoms with Crippen LogP contribution < -0.4 is 0 Å². The van der Waals surface area contributed by atoms with Crippen LogP contribution in [0.1, 0.15) is 65.2 Å². The van der Waals surface area contributed by atoms with E-state index in [1.807, 2.05) is 0 Å². The fraction of sp³-hybridized carbons (Fsp3) is 0.857. The molecule has 1 aliphatic carbocycles. The Bertz CT molecular complexity index is 167. The molecule has 0 spiro atoms. The Hall–Kier alpha value is -0.260. The average molecular weight is 194 g/mol. The largest absolute Gasteiger partial charge is 0.0996 e. The highest BCUT2D eigenvalue weighted by atomic mass is 14.3. The van der Waals surface area contributed by atoms with Gasteiger partial charge in [0.2, 0.25) is 0 Å². The number of hydrogen-bond donors (Lipinski definition) is 0. The molecule has 0 N–H and O–H groups in total. The Kier molecular flexibility index (Phi) is 5.29. The van der Waals surface area contributed by atoms with Crippen molar-refractivity contribution in [3.05, 3.63) is 12.2 Å². The molecule has 0 radical (unpaired) electrons. The number of allylic oxidation sites excluding steroid dienone is 1. The van der Waals surface area contributed by atoms with Crippen LogP contribution >= 0.6 is 0 Å². The second kappa shape index (κ2) is 6.27. The van der Waals surface area contributed by atoms with Crippen LogP contribution in [0.25, 0.3) is 0 Å². The summed E-state index contributed by atoms with van der Waals surface area (Å²) in [6, 6.07) is 0. The minimum absolute atomic E-state index is 0.861. The van der Waals surface area contributed by atoms with Crippen molar-refractivity contribution in [2.24, 2.45) is 11.8 Å². The summed E-state index contributed by atoms with van der Waals surface area (Å²) in [6.45, 7) is 8.83. The summed E-state index contributed by atoms with van der Waals surface area (Å²) in [4.78, 5) is 0. The van der Waals surface area contributed by atoms with Gasteiger partial charge in [0.25, 0.3) is 0 Å². The molecule has 14 heavy (non-hydrogen) atoms. The molecular formula is C14H26. The molecule has 0 aromatic heterocycles. The molecule has 0 amide bonds. The first-order valence-corrected chi connectivity index (χ1v) is 6.45. The smallest absolute Gasteiger partial charge is 0.0203 e. The van der Waals surface area contributed by atoms with Crippen LogP contribution in [0.5, 0.6) is 0 Å². The lowest BCUT2D eigenvalue weighted by Gasteiger charge is -2.30. The summed E-state index contributed by atoms with van der Waals surface area (Å²) in [7, 11) is 0. The predicted molar refractivity (Wildman–Crippen MR) is 64.4 cm³/mol. The van der Waals surface area contributed by atoms with Crippen molar-refractivity contribution in [2.75, 3.05) is 0 Å². The third-order valence-electron chi connectivity index (χ3n) is 3.63. The summed E-state index contributed by atoms with van der Waals surface area (Å²) < 4.78 is 0. The zero-order valence-corrected chi connectivity index (χ0v) is 10.0. The fourth-order valence-corrected chi connectivity index (χ4v) is 2.86. The van der Waals surface area contributed by atoms with Crippen molar-refractivity contribution in [1.82, 2.24) is 0 Å². The van der Waals surface area contributed by atoms with E-state index in [0.29, 0.717) is 0 Å². The molecule has 1 rings (SSSR count). The van der Waals surface area contributed by atoms with Crippen LogP contribution in [0.4, 0.5) is 0 Å². The molecule has 1 fully saturated rings. The van der Waals surface area contributed by atoms with Crippen molar-refractivity contribution in [3.63, 3.8) is 0 Å². The zero-order valence-electron chi connectivity index (χ0n) is 10.0. The van der Waals surface area contributed by atoms with E-state index in [4.69, 9.17) is 0 Å². The Morgan fingerprint density at radius 3 is 2.64 bits per heavy atom. The van der Waals surface area contributed by atoms with Gasteiger partial charge >= 0.3 is 0 Å². The lowest BCUT2D eigenvalue weighted by molar-refractivity contribution is 0.276. The van der Waals surface area contributed by atoms with Gasteiger partial charge in [0, 0.05) is 0 Å². The van der Waals surface area contributed by atoms with E-state index < -0.39 is 0 Å². The van der Waals surface area contributed by atoms with Crippen molar-refractivity contribution < 1.29 is 0 Å². The molecule has 2 atom stereocenters. The van der Waals surface area contributed by atoms with Crippen LogP contribution in [0.15, 0.2) is 12.2 Å². The van der Waals surface area contributed by atoms with Gasteiger partial charge in [-0.25, -0.2) is 0 Å². The summed E-state index contributed by atoms with van der Waals surface area (Å²) in [5.41, 5.74) is 1.54. The SMILES string of the molecule is C=C(CCC)C1CCCC(CCC)C1. The first kappa shape index (κ1) is 11.8. The summed E-state index contributed by atoms with van der Waals surface area (Å²) in [5.74, 6) is 1.87. The number of hydrogen-bond acceptors (Lipinski definition) is 0. The van der Waals surface area contributed by atoms with Gasteiger partial charge in [-0.3, -0.25) is 0 Å². The standard InChI is InChI=1S/C14H26/c1-4-7-12(3)14-10-6-9-13(11-14)8-5-2/h13-14H,3-11H2,1-2H3. The molecule has 1 saturated carbocycles. The molecule has 0 nitrogen and oxygen atoms in total. The monoisotopic (exact) mass is 194 g/mol. The summed E-state index contributed by atoms with van der Waals surface area (Å²) in [6.07, 6.45) is 11.1. The Morgan fingerprint density at radius 2 is 2.00 bits per heavy atom. The highest BCUT2D eigenvalue weighted by Gasteiger charge is 2.22. The molecule has 2 unspecified atom stereocenters. The van der Waals surface area contributed by atoms with Crippen molar-refractivity contribution in [2.45, 2.75) is 65.2 Å². The van der Waals surface area contributed by atoms with Crippen LogP contribution in [0, 0.1) is 11.8 Å². The minimum atomic E-state index is 0.861. The third-order valence-corrected chi connectivity index (χ3v) is 3.63. The highest BCUT2D eigenvalue weighted by molar-refractivity contribution is 5.02. The minimum Gasteiger partial charge on any atom is -0.0996 e. The van der Waals surface area contributed by atoms with E-state index >= 15 is 0 Å². The Labute approximate surface area is 89.8 Å². The second-order valence-corrected chi connectivity index (χ2v) is 4.93. The highest BCUT2D eigenvalue weighted by Crippen LogP contribution is 2.36. The first-order chi connectivity index (χ1) is 6.77. The number of rotatable bonds is 5. The molecule has 0 aromatic rings. The molecule has 0 bridgehead atoms. The van der Waals surface area contributed by atoms with Gasteiger partial charge in [0.15, 0.2) is 0 Å². The maximum Gasteiger partial charge on any atom is -0.0203 e. The third kappa shape index (κ3) is 3.48. The van der Waals surface area contributed by atoms with Crippen LogP contribution in [0.2, 0.25) is 0 Å². The van der Waals surface area contributed by atoms with Gasteiger partial charge in [-0.15, -0.1) is 0 Å². The van der Waals surface area contributed by atoms with Crippen LogP contribution in [-0.4, -0.2) is 0 Å². The molecule has 0 heteroatoms. The van der Waals surface area contributed by atoms with Gasteiger partial charge < -0.3 is 0 Å². The molecule has 1 aliphatic rings. The summed E-state index contributed by atoms with van der Waals surface area (Å²) in [5, 5.41) is 0. The Balaban J connectivity index is 2.35. The van der Waals surface area contributed by atoms with Gasteiger partial charge in [-0.1, -0.05) is 58.1 Å². The Morgan fingerprint density at radius 1 is 1.21 bits per heavy atom. The average Bonchev–Trinajstić information content (AvgIpc) is 2.19. The topological polar surface area (TPSA) is 0 Å². The van der Waals surface area contributed by atoms with Gasteiger partial charge in [-0.2, -0.15) is 0 Å². The molecule has 0 aromatic carbocycles.